The maximum Gasteiger partial charge on any atom is 0.379 e. The lowest BCUT2D eigenvalue weighted by Gasteiger charge is -2.03. The van der Waals surface area contributed by atoms with Crippen LogP contribution in [0.1, 0.15) is 16.1 Å². The summed E-state index contributed by atoms with van der Waals surface area (Å²) in [6, 6.07) is 7.99. The third kappa shape index (κ3) is 2.57. The molecule has 1 aliphatic heterocycles. The zero-order valence-electron chi connectivity index (χ0n) is 9.42. The van der Waals surface area contributed by atoms with Crippen molar-refractivity contribution >= 4 is 33.0 Å². The molecule has 0 bridgehead atoms. The maximum absolute atomic E-state index is 11.8. The highest BCUT2D eigenvalue weighted by Gasteiger charge is 2.21. The van der Waals surface area contributed by atoms with Crippen molar-refractivity contribution in [2.24, 2.45) is 0 Å². The second-order valence-corrected chi connectivity index (χ2v) is 5.64. The van der Waals surface area contributed by atoms with Crippen LogP contribution < -0.4 is 8.92 Å². The number of hydrogen-bond donors (Lipinski definition) is 0. The molecule has 0 saturated heterocycles. The van der Waals surface area contributed by atoms with Crippen LogP contribution in [0.3, 0.4) is 0 Å². The number of carbonyl (C=O) groups is 1. The van der Waals surface area contributed by atoms with Gasteiger partial charge in [-0.25, -0.2) is 9.00 Å². The standard InChI is InChI=1S/C12H7BrO5S/c13-11-4-3-9(17-11)12(14)16-8-2-1-7-6-19(15)18-10(7)5-8/h1-5H,6H2. The molecule has 0 saturated carbocycles. The average molecular weight is 343 g/mol. The summed E-state index contributed by atoms with van der Waals surface area (Å²) >= 11 is 1.77. The van der Waals surface area contributed by atoms with Gasteiger partial charge in [-0.05, 0) is 34.1 Å². The summed E-state index contributed by atoms with van der Waals surface area (Å²) < 4.78 is 27.0. The van der Waals surface area contributed by atoms with Crippen molar-refractivity contribution in [1.82, 2.24) is 0 Å². The maximum atomic E-state index is 11.8. The summed E-state index contributed by atoms with van der Waals surface area (Å²) in [5.74, 6) is 0.635. The van der Waals surface area contributed by atoms with Crippen molar-refractivity contribution < 1.29 is 22.3 Å². The highest BCUT2D eigenvalue weighted by Crippen LogP contribution is 2.32. The predicted molar refractivity (Wildman–Crippen MR) is 70.3 cm³/mol. The van der Waals surface area contributed by atoms with Crippen LogP contribution in [0.15, 0.2) is 39.4 Å². The van der Waals surface area contributed by atoms with Crippen LogP contribution in [0, 0.1) is 0 Å². The van der Waals surface area contributed by atoms with Crippen molar-refractivity contribution in [2.45, 2.75) is 5.75 Å². The number of esters is 1. The number of benzene rings is 1. The van der Waals surface area contributed by atoms with E-state index >= 15 is 0 Å². The Bertz CT molecular complexity index is 679. The van der Waals surface area contributed by atoms with E-state index in [9.17, 15) is 9.00 Å². The average Bonchev–Trinajstić information content (AvgIpc) is 2.93. The lowest BCUT2D eigenvalue weighted by atomic mass is 10.2. The van der Waals surface area contributed by atoms with Gasteiger partial charge in [-0.1, -0.05) is 6.07 Å². The molecule has 3 rings (SSSR count). The molecule has 0 N–H and O–H groups in total. The quantitative estimate of drug-likeness (QED) is 0.620. The second kappa shape index (κ2) is 4.82. The van der Waals surface area contributed by atoms with E-state index in [0.717, 1.165) is 5.56 Å². The topological polar surface area (TPSA) is 65.7 Å². The lowest BCUT2D eigenvalue weighted by molar-refractivity contribution is 0.0700. The van der Waals surface area contributed by atoms with Gasteiger partial charge in [0.25, 0.3) is 0 Å². The van der Waals surface area contributed by atoms with E-state index in [-0.39, 0.29) is 5.76 Å². The summed E-state index contributed by atoms with van der Waals surface area (Å²) in [7, 11) is 0. The molecule has 7 heteroatoms. The van der Waals surface area contributed by atoms with Gasteiger partial charge in [-0.15, -0.1) is 0 Å². The van der Waals surface area contributed by atoms with Gasteiger partial charge in [0.05, 0.1) is 5.75 Å². The largest absolute Gasteiger partial charge is 0.442 e. The molecule has 2 heterocycles. The minimum atomic E-state index is -1.34. The fraction of sp³-hybridized carbons (Fsp3) is 0.0833. The van der Waals surface area contributed by atoms with Gasteiger partial charge in [-0.2, -0.15) is 0 Å². The van der Waals surface area contributed by atoms with Gasteiger partial charge in [0.2, 0.25) is 16.8 Å². The van der Waals surface area contributed by atoms with Crippen LogP contribution in [0.4, 0.5) is 0 Å². The molecule has 0 amide bonds. The van der Waals surface area contributed by atoms with Crippen LogP contribution in [0.2, 0.25) is 0 Å². The van der Waals surface area contributed by atoms with Crippen LogP contribution in [0.5, 0.6) is 11.5 Å². The van der Waals surface area contributed by atoms with Crippen molar-refractivity contribution in [3.63, 3.8) is 0 Å². The van der Waals surface area contributed by atoms with Crippen molar-refractivity contribution in [3.8, 4) is 11.5 Å². The molecule has 1 aromatic carbocycles. The summed E-state index contributed by atoms with van der Waals surface area (Å²) in [6.07, 6.45) is 0. The summed E-state index contributed by atoms with van der Waals surface area (Å²) in [6.45, 7) is 0. The number of fused-ring (bicyclic) bond motifs is 1. The first kappa shape index (κ1) is 12.4. The number of halogens is 1. The first-order valence-corrected chi connectivity index (χ1v) is 7.33. The van der Waals surface area contributed by atoms with Gasteiger partial charge in [0.15, 0.2) is 4.67 Å². The Morgan fingerprint density at radius 2 is 2.16 bits per heavy atom. The lowest BCUT2D eigenvalue weighted by Crippen LogP contribution is -2.07. The number of ether oxygens (including phenoxy) is 1. The first-order chi connectivity index (χ1) is 9.11. The fourth-order valence-electron chi connectivity index (χ4n) is 1.63. The van der Waals surface area contributed by atoms with Gasteiger partial charge < -0.3 is 13.3 Å². The third-order valence-corrected chi connectivity index (χ3v) is 3.82. The molecule has 1 atom stereocenters. The first-order valence-electron chi connectivity index (χ1n) is 5.29. The smallest absolute Gasteiger partial charge is 0.379 e. The van der Waals surface area contributed by atoms with Crippen molar-refractivity contribution in [1.29, 1.82) is 0 Å². The summed E-state index contributed by atoms with van der Waals surface area (Å²) in [4.78, 5) is 11.8. The minimum Gasteiger partial charge on any atom is -0.442 e. The predicted octanol–water partition coefficient (Wildman–Crippen LogP) is 2.82. The highest BCUT2D eigenvalue weighted by molar-refractivity contribution is 9.10. The van der Waals surface area contributed by atoms with Gasteiger partial charge in [0.1, 0.15) is 11.5 Å². The van der Waals surface area contributed by atoms with Crippen molar-refractivity contribution in [2.75, 3.05) is 0 Å². The molecule has 1 unspecified atom stereocenters. The zero-order chi connectivity index (χ0) is 13.4. The normalized spacial score (nSPS) is 16.8. The van der Waals surface area contributed by atoms with E-state index in [1.54, 1.807) is 18.2 Å². The van der Waals surface area contributed by atoms with Crippen LogP contribution >= 0.6 is 15.9 Å². The Balaban J connectivity index is 1.79. The third-order valence-electron chi connectivity index (χ3n) is 2.48. The Kier molecular flexibility index (Phi) is 3.16. The number of furan rings is 1. The molecule has 19 heavy (non-hydrogen) atoms. The Hall–Kier alpha value is -1.60. The van der Waals surface area contributed by atoms with E-state index in [0.29, 0.717) is 21.9 Å². The zero-order valence-corrected chi connectivity index (χ0v) is 11.8. The van der Waals surface area contributed by atoms with Gasteiger partial charge in [0, 0.05) is 11.6 Å². The van der Waals surface area contributed by atoms with E-state index in [1.807, 2.05) is 0 Å². The molecule has 0 radical (unpaired) electrons. The fourth-order valence-corrected chi connectivity index (χ4v) is 2.85. The molecular formula is C12H7BrO5S. The Labute approximate surface area is 119 Å². The SMILES string of the molecule is O=C(Oc1ccc2c(c1)OS(=O)C2)c1ccc(Br)o1. The molecule has 2 aromatic rings. The molecule has 0 spiro atoms. The number of rotatable bonds is 2. The Morgan fingerprint density at radius 3 is 2.89 bits per heavy atom. The Morgan fingerprint density at radius 1 is 1.32 bits per heavy atom. The summed E-state index contributed by atoms with van der Waals surface area (Å²) in [5.41, 5.74) is 0.832. The highest BCUT2D eigenvalue weighted by atomic mass is 79.9. The molecule has 1 aromatic heterocycles. The molecule has 0 aliphatic carbocycles. The molecule has 0 fully saturated rings. The van der Waals surface area contributed by atoms with Gasteiger partial charge >= 0.3 is 5.97 Å². The number of carbonyl (C=O) groups excluding carboxylic acids is 1. The van der Waals surface area contributed by atoms with Gasteiger partial charge in [-0.3, -0.25) is 0 Å². The van der Waals surface area contributed by atoms with Crippen LogP contribution in [-0.4, -0.2) is 10.2 Å². The second-order valence-electron chi connectivity index (χ2n) is 3.79. The van der Waals surface area contributed by atoms with E-state index < -0.39 is 17.0 Å². The minimum absolute atomic E-state index is 0.0943. The molecular weight excluding hydrogens is 336 g/mol. The van der Waals surface area contributed by atoms with E-state index in [1.165, 1.54) is 12.1 Å². The molecule has 1 aliphatic rings. The van der Waals surface area contributed by atoms with Crippen LogP contribution in [0.25, 0.3) is 0 Å². The molecule has 5 nitrogen and oxygen atoms in total. The summed E-state index contributed by atoms with van der Waals surface area (Å²) in [5, 5.41) is 0. The monoisotopic (exact) mass is 342 g/mol. The van der Waals surface area contributed by atoms with Crippen molar-refractivity contribution in [3.05, 3.63) is 46.3 Å². The number of hydrogen-bond acceptors (Lipinski definition) is 5. The van der Waals surface area contributed by atoms with Crippen LogP contribution in [-0.2, 0) is 16.8 Å². The van der Waals surface area contributed by atoms with E-state index in [2.05, 4.69) is 15.9 Å². The van der Waals surface area contributed by atoms with E-state index in [4.69, 9.17) is 13.3 Å². The molecule has 98 valence electrons.